The monoisotopic (exact) mass is 444 g/mol. The summed E-state index contributed by atoms with van der Waals surface area (Å²) in [6.45, 7) is 1.75. The second-order valence-electron chi connectivity index (χ2n) is 5.66. The minimum absolute atomic E-state index is 0.0743. The molecule has 27 heavy (non-hydrogen) atoms. The van der Waals surface area contributed by atoms with Crippen molar-refractivity contribution >= 4 is 69.6 Å². The van der Waals surface area contributed by atoms with E-state index >= 15 is 0 Å². The molecule has 9 heteroatoms. The highest BCUT2D eigenvalue weighted by Gasteiger charge is 2.40. The Morgan fingerprint density at radius 1 is 0.926 bits per heavy atom. The largest absolute Gasteiger partial charge is 0.494 e. The number of carbonyl (C=O) groups is 2. The predicted molar refractivity (Wildman–Crippen MR) is 108 cm³/mol. The third-order valence-electron chi connectivity index (χ3n) is 3.92. The fourth-order valence-electron chi connectivity index (χ4n) is 2.53. The van der Waals surface area contributed by atoms with Gasteiger partial charge in [0.25, 0.3) is 11.8 Å². The van der Waals surface area contributed by atoms with Crippen LogP contribution >= 0.6 is 46.4 Å². The van der Waals surface area contributed by atoms with Gasteiger partial charge in [-0.05, 0) is 36.8 Å². The van der Waals surface area contributed by atoms with Gasteiger partial charge in [0.15, 0.2) is 0 Å². The Balaban J connectivity index is 1.99. The predicted octanol–water partition coefficient (Wildman–Crippen LogP) is 5.40. The normalized spacial score (nSPS) is 14.2. The van der Waals surface area contributed by atoms with E-state index in [2.05, 4.69) is 5.32 Å². The van der Waals surface area contributed by atoms with Crippen LogP contribution in [0, 0.1) is 6.92 Å². The first-order chi connectivity index (χ1) is 12.7. The zero-order chi connectivity index (χ0) is 19.9. The van der Waals surface area contributed by atoms with Gasteiger partial charge in [-0.25, -0.2) is 4.90 Å². The molecule has 2 aromatic carbocycles. The number of benzene rings is 2. The summed E-state index contributed by atoms with van der Waals surface area (Å²) in [5.41, 5.74) is 1.31. The first kappa shape index (κ1) is 19.8. The lowest BCUT2D eigenvalue weighted by atomic mass is 10.2. The van der Waals surface area contributed by atoms with Crippen molar-refractivity contribution in [2.45, 2.75) is 6.92 Å². The van der Waals surface area contributed by atoms with E-state index in [1.165, 1.54) is 19.2 Å². The number of methoxy groups -OCH3 is 1. The van der Waals surface area contributed by atoms with Crippen LogP contribution in [0.1, 0.15) is 5.56 Å². The van der Waals surface area contributed by atoms with E-state index in [4.69, 9.17) is 51.1 Å². The number of carbonyl (C=O) groups excluding carboxylic acids is 2. The summed E-state index contributed by atoms with van der Waals surface area (Å²) in [5, 5.41) is 3.68. The number of imide groups is 1. The van der Waals surface area contributed by atoms with Crippen molar-refractivity contribution in [3.63, 3.8) is 0 Å². The highest BCUT2D eigenvalue weighted by Crippen LogP contribution is 2.38. The lowest BCUT2D eigenvalue weighted by Gasteiger charge is -2.19. The summed E-state index contributed by atoms with van der Waals surface area (Å²) in [7, 11) is 1.42. The van der Waals surface area contributed by atoms with E-state index < -0.39 is 11.8 Å². The number of hydrogen-bond donors (Lipinski definition) is 1. The van der Waals surface area contributed by atoms with E-state index in [9.17, 15) is 9.59 Å². The van der Waals surface area contributed by atoms with E-state index in [0.717, 1.165) is 4.90 Å². The van der Waals surface area contributed by atoms with Crippen LogP contribution < -0.4 is 15.0 Å². The quantitative estimate of drug-likeness (QED) is 0.640. The average Bonchev–Trinajstić information content (AvgIpc) is 2.83. The van der Waals surface area contributed by atoms with Crippen molar-refractivity contribution in [1.29, 1.82) is 0 Å². The maximum absolute atomic E-state index is 12.9. The molecule has 1 aliphatic rings. The highest BCUT2D eigenvalue weighted by atomic mass is 35.5. The highest BCUT2D eigenvalue weighted by molar-refractivity contribution is 6.53. The lowest BCUT2D eigenvalue weighted by Crippen LogP contribution is -2.32. The van der Waals surface area contributed by atoms with Gasteiger partial charge < -0.3 is 10.1 Å². The van der Waals surface area contributed by atoms with Gasteiger partial charge >= 0.3 is 0 Å². The van der Waals surface area contributed by atoms with E-state index in [1.54, 1.807) is 25.1 Å². The summed E-state index contributed by atoms with van der Waals surface area (Å²) < 4.78 is 5.26. The van der Waals surface area contributed by atoms with Gasteiger partial charge in [0.2, 0.25) is 0 Å². The zero-order valence-electron chi connectivity index (χ0n) is 14.1. The van der Waals surface area contributed by atoms with Crippen molar-refractivity contribution in [2.24, 2.45) is 0 Å². The molecule has 2 amide bonds. The molecule has 3 rings (SSSR count). The third-order valence-corrected chi connectivity index (χ3v) is 5.41. The number of nitrogens with zero attached hydrogens (tertiary/aromatic N) is 1. The van der Waals surface area contributed by atoms with Crippen LogP contribution in [0.4, 0.5) is 11.4 Å². The third kappa shape index (κ3) is 3.60. The van der Waals surface area contributed by atoms with Crippen LogP contribution in [-0.4, -0.2) is 18.9 Å². The second-order valence-corrected chi connectivity index (χ2v) is 7.26. The van der Waals surface area contributed by atoms with Gasteiger partial charge in [-0.15, -0.1) is 0 Å². The van der Waals surface area contributed by atoms with Crippen LogP contribution in [0.3, 0.4) is 0 Å². The number of hydrogen-bond acceptors (Lipinski definition) is 4. The molecule has 0 radical (unpaired) electrons. The molecule has 2 aromatic rings. The molecular weight excluding hydrogens is 434 g/mol. The molecule has 0 bridgehead atoms. The van der Waals surface area contributed by atoms with Crippen molar-refractivity contribution < 1.29 is 14.3 Å². The van der Waals surface area contributed by atoms with Gasteiger partial charge in [0.05, 0.1) is 22.8 Å². The molecule has 1 heterocycles. The summed E-state index contributed by atoms with van der Waals surface area (Å²) >= 11 is 24.1. The van der Waals surface area contributed by atoms with Crippen molar-refractivity contribution in [3.8, 4) is 5.75 Å². The van der Waals surface area contributed by atoms with E-state index in [0.29, 0.717) is 26.3 Å². The molecule has 0 fully saturated rings. The Morgan fingerprint density at radius 2 is 1.63 bits per heavy atom. The van der Waals surface area contributed by atoms with Gasteiger partial charge in [-0.3, -0.25) is 9.59 Å². The molecule has 0 aliphatic carbocycles. The summed E-state index contributed by atoms with van der Waals surface area (Å²) in [6.07, 6.45) is 0. The van der Waals surface area contributed by atoms with Crippen LogP contribution in [-0.2, 0) is 9.59 Å². The number of anilines is 2. The van der Waals surface area contributed by atoms with Gasteiger partial charge in [-0.2, -0.15) is 0 Å². The van der Waals surface area contributed by atoms with Crippen molar-refractivity contribution in [1.82, 2.24) is 0 Å². The fraction of sp³-hybridized carbons (Fsp3) is 0.111. The molecule has 0 saturated heterocycles. The SMILES string of the molecule is COc1cc(Cl)c(C)cc1N1C(=O)C(Cl)=C(Nc2ccc(Cl)c(Cl)c2)C1=O. The molecule has 0 aromatic heterocycles. The Hall–Kier alpha value is -1.92. The van der Waals surface area contributed by atoms with Gasteiger partial charge in [-0.1, -0.05) is 46.4 Å². The van der Waals surface area contributed by atoms with Crippen LogP contribution in [0.5, 0.6) is 5.75 Å². The minimum Gasteiger partial charge on any atom is -0.494 e. The van der Waals surface area contributed by atoms with E-state index in [-0.39, 0.29) is 22.2 Å². The standard InChI is InChI=1S/C18H12Cl4N2O3/c1-8-5-13(14(27-2)7-11(8)20)24-17(25)15(22)16(18(24)26)23-9-3-4-10(19)12(21)6-9/h3-7,23H,1-2H3. The molecule has 1 N–H and O–H groups in total. The molecule has 0 spiro atoms. The van der Waals surface area contributed by atoms with Gasteiger partial charge in [0.1, 0.15) is 16.5 Å². The number of nitrogens with one attached hydrogen (secondary N) is 1. The van der Waals surface area contributed by atoms with Crippen LogP contribution in [0.15, 0.2) is 41.1 Å². The molecule has 5 nitrogen and oxygen atoms in total. The maximum atomic E-state index is 12.9. The Bertz CT molecular complexity index is 1000. The number of aryl methyl sites for hydroxylation is 1. The zero-order valence-corrected chi connectivity index (χ0v) is 17.1. The fourth-order valence-corrected chi connectivity index (χ4v) is 3.20. The van der Waals surface area contributed by atoms with Crippen molar-refractivity contribution in [2.75, 3.05) is 17.3 Å². The van der Waals surface area contributed by atoms with Crippen LogP contribution in [0.25, 0.3) is 0 Å². The lowest BCUT2D eigenvalue weighted by molar-refractivity contribution is -0.120. The minimum atomic E-state index is -0.677. The Labute approximate surface area is 175 Å². The smallest absolute Gasteiger partial charge is 0.283 e. The summed E-state index contributed by atoms with van der Waals surface area (Å²) in [5.74, 6) is -1.03. The van der Waals surface area contributed by atoms with Crippen molar-refractivity contribution in [3.05, 3.63) is 61.7 Å². The average molecular weight is 446 g/mol. The molecule has 1 aliphatic heterocycles. The number of ether oxygens (including phenoxy) is 1. The topological polar surface area (TPSA) is 58.6 Å². The molecular formula is C18H12Cl4N2O3. The molecule has 140 valence electrons. The summed E-state index contributed by atoms with van der Waals surface area (Å²) in [4.78, 5) is 26.5. The second kappa shape index (κ2) is 7.60. The van der Waals surface area contributed by atoms with E-state index in [1.807, 2.05) is 0 Å². The number of rotatable bonds is 4. The molecule has 0 unspecified atom stereocenters. The first-order valence-electron chi connectivity index (χ1n) is 7.59. The van der Waals surface area contributed by atoms with Crippen LogP contribution in [0.2, 0.25) is 15.1 Å². The first-order valence-corrected chi connectivity index (χ1v) is 9.10. The maximum Gasteiger partial charge on any atom is 0.283 e. The molecule has 0 saturated carbocycles. The Kier molecular flexibility index (Phi) is 5.58. The summed E-state index contributed by atoms with van der Waals surface area (Å²) in [6, 6.07) is 7.81. The number of halogens is 4. The Morgan fingerprint density at radius 3 is 2.26 bits per heavy atom. The molecule has 0 atom stereocenters. The number of amides is 2. The van der Waals surface area contributed by atoms with Gasteiger partial charge in [0, 0.05) is 16.8 Å².